The Labute approximate surface area is 123 Å². The van der Waals surface area contributed by atoms with Gasteiger partial charge in [0, 0.05) is 12.6 Å². The number of rotatable bonds is 0. The lowest BCUT2D eigenvalue weighted by atomic mass is 10.2. The van der Waals surface area contributed by atoms with E-state index in [9.17, 15) is 0 Å². The summed E-state index contributed by atoms with van der Waals surface area (Å²) in [6.45, 7) is 4.00. The number of nitrogen functional groups attached to an aromatic ring is 1. The van der Waals surface area contributed by atoms with Crippen molar-refractivity contribution in [3.05, 3.63) is 48.0 Å². The zero-order chi connectivity index (χ0) is 15.2. The van der Waals surface area contributed by atoms with Gasteiger partial charge in [-0.15, -0.1) is 0 Å². The maximum absolute atomic E-state index is 5.77. The zero-order valence-corrected chi connectivity index (χ0v) is 12.3. The van der Waals surface area contributed by atoms with Crippen LogP contribution in [0, 0.1) is 11.8 Å². The third kappa shape index (κ3) is 3.00. The number of fused-ring (bicyclic) bond motifs is 1. The first kappa shape index (κ1) is 14.5. The van der Waals surface area contributed by atoms with Crippen LogP contribution < -0.4 is 5.73 Å². The number of nitrogens with two attached hydrogens (primary N) is 1. The average Bonchev–Trinajstić information content (AvgIpc) is 2.87. The summed E-state index contributed by atoms with van der Waals surface area (Å²) in [6, 6.07) is 9.75. The first-order valence-corrected chi connectivity index (χ1v) is 6.75. The summed E-state index contributed by atoms with van der Waals surface area (Å²) in [5.41, 5.74) is 7.98. The Morgan fingerprint density at radius 3 is 2.43 bits per heavy atom. The van der Waals surface area contributed by atoms with Crippen LogP contribution in [0.5, 0.6) is 0 Å². The highest BCUT2D eigenvalue weighted by Crippen LogP contribution is 2.15. The highest BCUT2D eigenvalue weighted by atomic mass is 15.1. The van der Waals surface area contributed by atoms with Gasteiger partial charge in [0.15, 0.2) is 22.8 Å². The maximum atomic E-state index is 5.77. The van der Waals surface area contributed by atoms with Gasteiger partial charge in [-0.25, -0.2) is 15.0 Å². The van der Waals surface area contributed by atoms with Crippen molar-refractivity contribution in [2.75, 3.05) is 5.73 Å². The summed E-state index contributed by atoms with van der Waals surface area (Å²) in [6.07, 6.45) is 1.42. The third-order valence-corrected chi connectivity index (χ3v) is 2.78. The Kier molecular flexibility index (Phi) is 4.52. The second kappa shape index (κ2) is 6.53. The molecule has 0 amide bonds. The molecule has 0 saturated carbocycles. The minimum Gasteiger partial charge on any atom is -0.382 e. The fourth-order valence-corrected chi connectivity index (χ4v) is 1.78. The first-order valence-electron chi connectivity index (χ1n) is 6.75. The van der Waals surface area contributed by atoms with Crippen LogP contribution in [0.25, 0.3) is 11.2 Å². The van der Waals surface area contributed by atoms with E-state index in [1.807, 2.05) is 55.8 Å². The first-order chi connectivity index (χ1) is 10.3. The molecule has 5 nitrogen and oxygen atoms in total. The smallest absolute Gasteiger partial charge is 0.187 e. The Hall–Kier alpha value is -2.87. The summed E-state index contributed by atoms with van der Waals surface area (Å²) in [4.78, 5) is 12.4. The van der Waals surface area contributed by atoms with Crippen LogP contribution in [0.3, 0.4) is 0 Å². The highest BCUT2D eigenvalue weighted by Gasteiger charge is 2.09. The van der Waals surface area contributed by atoms with E-state index in [1.165, 1.54) is 6.33 Å². The molecule has 0 aliphatic heterocycles. The molecule has 2 aromatic heterocycles. The lowest BCUT2D eigenvalue weighted by molar-refractivity contribution is 0.908. The molecule has 0 saturated heterocycles. The Balaban J connectivity index is 0.000000774. The van der Waals surface area contributed by atoms with E-state index in [4.69, 9.17) is 5.73 Å². The number of benzene rings is 1. The zero-order valence-electron chi connectivity index (χ0n) is 12.3. The topological polar surface area (TPSA) is 69.6 Å². The summed E-state index contributed by atoms with van der Waals surface area (Å²) in [5.74, 6) is 7.07. The summed E-state index contributed by atoms with van der Waals surface area (Å²) < 4.78 is 1.81. The number of imidazole rings is 1. The van der Waals surface area contributed by atoms with Crippen LogP contribution in [0.1, 0.15) is 25.2 Å². The molecule has 21 heavy (non-hydrogen) atoms. The molecule has 0 radical (unpaired) electrons. The van der Waals surface area contributed by atoms with Crippen LogP contribution in [-0.4, -0.2) is 19.5 Å². The van der Waals surface area contributed by atoms with E-state index in [1.54, 1.807) is 0 Å². The third-order valence-electron chi connectivity index (χ3n) is 2.78. The molecule has 0 spiro atoms. The van der Waals surface area contributed by atoms with Crippen molar-refractivity contribution in [1.29, 1.82) is 0 Å². The van der Waals surface area contributed by atoms with Gasteiger partial charge < -0.3 is 10.3 Å². The number of hydrogen-bond acceptors (Lipinski definition) is 4. The molecule has 3 rings (SSSR count). The van der Waals surface area contributed by atoms with Crippen LogP contribution in [0.4, 0.5) is 5.82 Å². The van der Waals surface area contributed by atoms with Crippen molar-refractivity contribution in [1.82, 2.24) is 19.5 Å². The van der Waals surface area contributed by atoms with Crippen molar-refractivity contribution in [2.45, 2.75) is 13.8 Å². The second-order valence-corrected chi connectivity index (χ2v) is 4.04. The highest BCUT2D eigenvalue weighted by molar-refractivity contribution is 5.82. The molecule has 3 aromatic rings. The minimum atomic E-state index is 0.369. The van der Waals surface area contributed by atoms with Gasteiger partial charge >= 0.3 is 0 Å². The monoisotopic (exact) mass is 279 g/mol. The van der Waals surface area contributed by atoms with Crippen molar-refractivity contribution in [2.24, 2.45) is 7.05 Å². The Bertz CT molecular complexity index is 794. The van der Waals surface area contributed by atoms with Crippen LogP contribution in [0.2, 0.25) is 0 Å². The second-order valence-electron chi connectivity index (χ2n) is 4.04. The molecular weight excluding hydrogens is 262 g/mol. The van der Waals surface area contributed by atoms with E-state index in [2.05, 4.69) is 26.8 Å². The van der Waals surface area contributed by atoms with Crippen LogP contribution >= 0.6 is 0 Å². The summed E-state index contributed by atoms with van der Waals surface area (Å²) in [7, 11) is 1.86. The van der Waals surface area contributed by atoms with Crippen molar-refractivity contribution in [3.63, 3.8) is 0 Å². The van der Waals surface area contributed by atoms with Crippen molar-refractivity contribution in [3.8, 4) is 11.8 Å². The molecule has 106 valence electrons. The van der Waals surface area contributed by atoms with Gasteiger partial charge in [-0.2, -0.15) is 0 Å². The van der Waals surface area contributed by atoms with E-state index in [0.29, 0.717) is 22.8 Å². The standard InChI is InChI=1S/C14H11N5.C2H6/c1-19-11(8-7-10-5-3-2-4-6-10)18-12-13(15)16-9-17-14(12)19;1-2/h2-6,9H,1H3,(H2,15,16,17);1-2H3. The number of aromatic nitrogens is 4. The molecule has 0 fully saturated rings. The fraction of sp³-hybridized carbons (Fsp3) is 0.188. The minimum absolute atomic E-state index is 0.369. The normalized spacial score (nSPS) is 9.48. The number of aryl methyl sites for hydroxylation is 1. The van der Waals surface area contributed by atoms with Gasteiger partial charge in [-0.05, 0) is 18.1 Å². The van der Waals surface area contributed by atoms with Gasteiger partial charge in [0.1, 0.15) is 6.33 Å². The largest absolute Gasteiger partial charge is 0.382 e. The van der Waals surface area contributed by atoms with Gasteiger partial charge in [0.2, 0.25) is 0 Å². The van der Waals surface area contributed by atoms with E-state index < -0.39 is 0 Å². The maximum Gasteiger partial charge on any atom is 0.187 e. The summed E-state index contributed by atoms with van der Waals surface area (Å²) in [5, 5.41) is 0. The Morgan fingerprint density at radius 2 is 1.76 bits per heavy atom. The van der Waals surface area contributed by atoms with Gasteiger partial charge in [0.05, 0.1) is 0 Å². The lowest BCUT2D eigenvalue weighted by Crippen LogP contribution is -1.95. The molecule has 2 heterocycles. The number of anilines is 1. The molecule has 0 bridgehead atoms. The van der Waals surface area contributed by atoms with Crippen LogP contribution in [0.15, 0.2) is 36.7 Å². The predicted molar refractivity (Wildman–Crippen MR) is 84.5 cm³/mol. The SMILES string of the molecule is CC.Cn1c(C#Cc2ccccc2)nc2c(N)ncnc21. The number of hydrogen-bond donors (Lipinski definition) is 1. The molecule has 0 atom stereocenters. The fourth-order valence-electron chi connectivity index (χ4n) is 1.78. The molecule has 5 heteroatoms. The number of nitrogens with zero attached hydrogens (tertiary/aromatic N) is 4. The predicted octanol–water partition coefficient (Wildman–Crippen LogP) is 2.37. The average molecular weight is 279 g/mol. The van der Waals surface area contributed by atoms with Gasteiger partial charge in [-0.1, -0.05) is 38.0 Å². The molecule has 0 aliphatic rings. The molecule has 1 aromatic carbocycles. The quantitative estimate of drug-likeness (QED) is 0.641. The summed E-state index contributed by atoms with van der Waals surface area (Å²) >= 11 is 0. The molecular formula is C16H17N5. The van der Waals surface area contributed by atoms with Crippen molar-refractivity contribution >= 4 is 17.0 Å². The van der Waals surface area contributed by atoms with E-state index in [0.717, 1.165) is 5.56 Å². The molecule has 2 N–H and O–H groups in total. The van der Waals surface area contributed by atoms with Gasteiger partial charge in [0.25, 0.3) is 0 Å². The van der Waals surface area contributed by atoms with E-state index >= 15 is 0 Å². The Morgan fingerprint density at radius 1 is 1.05 bits per heavy atom. The lowest BCUT2D eigenvalue weighted by Gasteiger charge is -1.94. The van der Waals surface area contributed by atoms with Crippen molar-refractivity contribution < 1.29 is 0 Å². The molecule has 0 aliphatic carbocycles. The molecule has 0 unspecified atom stereocenters. The van der Waals surface area contributed by atoms with Crippen LogP contribution in [-0.2, 0) is 7.05 Å². The van der Waals surface area contributed by atoms with Gasteiger partial charge in [-0.3, -0.25) is 0 Å². The van der Waals surface area contributed by atoms with E-state index in [-0.39, 0.29) is 0 Å².